The fourth-order valence-corrected chi connectivity index (χ4v) is 3.99. The van der Waals surface area contributed by atoms with E-state index in [-0.39, 0.29) is 42.4 Å². The highest BCUT2D eigenvalue weighted by atomic mass is 32.2. The Labute approximate surface area is 135 Å². The maximum Gasteiger partial charge on any atom is 0.317 e. The summed E-state index contributed by atoms with van der Waals surface area (Å²) in [4.78, 5) is 13.6. The molecule has 2 rings (SSSR count). The van der Waals surface area contributed by atoms with Gasteiger partial charge in [-0.2, -0.15) is 0 Å². The lowest BCUT2D eigenvalue weighted by Crippen LogP contribution is -2.54. The molecule has 1 aromatic rings. The van der Waals surface area contributed by atoms with Crippen LogP contribution in [0.1, 0.15) is 13.8 Å². The summed E-state index contributed by atoms with van der Waals surface area (Å²) in [6, 6.07) is 5.36. The molecular formula is C15H21FN2O4S. The minimum Gasteiger partial charge on any atom is -0.486 e. The molecule has 1 saturated heterocycles. The van der Waals surface area contributed by atoms with Crippen LogP contribution in [0.25, 0.3) is 0 Å². The van der Waals surface area contributed by atoms with Crippen molar-refractivity contribution in [3.8, 4) is 5.75 Å². The van der Waals surface area contributed by atoms with Gasteiger partial charge in [-0.1, -0.05) is 12.1 Å². The summed E-state index contributed by atoms with van der Waals surface area (Å²) in [6.45, 7) is 3.80. The number of para-hydroxylation sites is 1. The van der Waals surface area contributed by atoms with Crippen molar-refractivity contribution in [2.45, 2.75) is 26.0 Å². The minimum atomic E-state index is -3.06. The Bertz CT molecular complexity index is 665. The predicted octanol–water partition coefficient (Wildman–Crippen LogP) is 1.42. The molecule has 23 heavy (non-hydrogen) atoms. The van der Waals surface area contributed by atoms with Crippen molar-refractivity contribution in [1.82, 2.24) is 10.2 Å². The monoisotopic (exact) mass is 344 g/mol. The summed E-state index contributed by atoms with van der Waals surface area (Å²) in [6.07, 6.45) is -0.417. The number of halogens is 1. The van der Waals surface area contributed by atoms with Gasteiger partial charge in [0.05, 0.1) is 18.1 Å². The average Bonchev–Trinajstić information content (AvgIpc) is 2.46. The van der Waals surface area contributed by atoms with Gasteiger partial charge in [0.2, 0.25) is 0 Å². The second-order valence-electron chi connectivity index (χ2n) is 5.70. The molecule has 2 atom stereocenters. The van der Waals surface area contributed by atoms with E-state index in [4.69, 9.17) is 4.74 Å². The second-order valence-corrected chi connectivity index (χ2v) is 7.93. The number of carbonyl (C=O) groups excluding carboxylic acids is 1. The zero-order valence-corrected chi connectivity index (χ0v) is 14.0. The number of amides is 2. The molecule has 1 heterocycles. The first-order valence-corrected chi connectivity index (χ1v) is 9.27. The van der Waals surface area contributed by atoms with E-state index in [1.165, 1.54) is 17.0 Å². The number of benzene rings is 1. The lowest BCUT2D eigenvalue weighted by Gasteiger charge is -2.33. The number of nitrogens with one attached hydrogen (secondary N) is 1. The molecule has 0 spiro atoms. The fraction of sp³-hybridized carbons (Fsp3) is 0.533. The van der Waals surface area contributed by atoms with Crippen molar-refractivity contribution in [3.05, 3.63) is 30.1 Å². The van der Waals surface area contributed by atoms with E-state index >= 15 is 0 Å². The summed E-state index contributed by atoms with van der Waals surface area (Å²) < 4.78 is 42.0. The number of ether oxygens (including phenoxy) is 1. The van der Waals surface area contributed by atoms with Crippen molar-refractivity contribution in [3.63, 3.8) is 0 Å². The van der Waals surface area contributed by atoms with Gasteiger partial charge in [-0.05, 0) is 26.0 Å². The van der Waals surface area contributed by atoms with Gasteiger partial charge >= 0.3 is 6.03 Å². The lowest BCUT2D eigenvalue weighted by atomic mass is 10.3. The zero-order valence-electron chi connectivity index (χ0n) is 13.2. The average molecular weight is 344 g/mol. The van der Waals surface area contributed by atoms with Crippen LogP contribution < -0.4 is 10.1 Å². The molecule has 0 bridgehead atoms. The first-order chi connectivity index (χ1) is 10.8. The topological polar surface area (TPSA) is 75.7 Å². The molecular weight excluding hydrogens is 323 g/mol. The van der Waals surface area contributed by atoms with Gasteiger partial charge in [0.1, 0.15) is 6.10 Å². The molecule has 0 aromatic heterocycles. The first-order valence-electron chi connectivity index (χ1n) is 7.44. The highest BCUT2D eigenvalue weighted by Crippen LogP contribution is 2.17. The Morgan fingerprint density at radius 3 is 2.83 bits per heavy atom. The van der Waals surface area contributed by atoms with Crippen molar-refractivity contribution in [2.24, 2.45) is 0 Å². The second kappa shape index (κ2) is 7.16. The highest BCUT2D eigenvalue weighted by Gasteiger charge is 2.31. The molecule has 1 aromatic carbocycles. The standard InChI is InChI=1S/C15H21FN2O4S/c1-11-10-23(20,21)8-7-18(11)15(19)17-9-12(2)22-14-6-4-3-5-13(14)16/h3-6,11-12H,7-10H2,1-2H3,(H,17,19)/t11-,12+/m0/s1. The number of hydrogen-bond acceptors (Lipinski definition) is 4. The normalized spacial score (nSPS) is 21.5. The van der Waals surface area contributed by atoms with Crippen LogP contribution in [0, 0.1) is 5.82 Å². The van der Waals surface area contributed by atoms with Gasteiger partial charge in [-0.25, -0.2) is 17.6 Å². The number of nitrogens with zero attached hydrogens (tertiary/aromatic N) is 1. The molecule has 0 aliphatic carbocycles. The van der Waals surface area contributed by atoms with Crippen molar-refractivity contribution in [2.75, 3.05) is 24.6 Å². The Kier molecular flexibility index (Phi) is 5.46. The quantitative estimate of drug-likeness (QED) is 0.896. The van der Waals surface area contributed by atoms with Crippen LogP contribution >= 0.6 is 0 Å². The highest BCUT2D eigenvalue weighted by molar-refractivity contribution is 7.91. The van der Waals surface area contributed by atoms with E-state index in [1.807, 2.05) is 0 Å². The van der Waals surface area contributed by atoms with Crippen LogP contribution in [-0.4, -0.2) is 56.1 Å². The van der Waals surface area contributed by atoms with Gasteiger partial charge in [0.15, 0.2) is 21.4 Å². The van der Waals surface area contributed by atoms with Crippen LogP contribution in [-0.2, 0) is 9.84 Å². The Morgan fingerprint density at radius 1 is 1.48 bits per heavy atom. The maximum atomic E-state index is 13.5. The van der Waals surface area contributed by atoms with Crippen LogP contribution in [0.15, 0.2) is 24.3 Å². The summed E-state index contributed by atoms with van der Waals surface area (Å²) in [5.74, 6) is -0.375. The third-order valence-corrected chi connectivity index (χ3v) is 5.43. The number of carbonyl (C=O) groups is 1. The van der Waals surface area contributed by atoms with E-state index in [0.717, 1.165) is 0 Å². The number of sulfone groups is 1. The summed E-state index contributed by atoms with van der Waals surface area (Å²) in [5, 5.41) is 2.69. The molecule has 8 heteroatoms. The smallest absolute Gasteiger partial charge is 0.317 e. The van der Waals surface area contributed by atoms with Crippen molar-refractivity contribution < 1.29 is 22.3 Å². The molecule has 128 valence electrons. The third kappa shape index (κ3) is 4.82. The van der Waals surface area contributed by atoms with Gasteiger partial charge in [0, 0.05) is 12.6 Å². The lowest BCUT2D eigenvalue weighted by molar-refractivity contribution is 0.171. The number of urea groups is 1. The van der Waals surface area contributed by atoms with Crippen LogP contribution in [0.5, 0.6) is 5.75 Å². The summed E-state index contributed by atoms with van der Waals surface area (Å²) in [7, 11) is -3.06. The molecule has 2 amide bonds. The summed E-state index contributed by atoms with van der Waals surface area (Å²) >= 11 is 0. The minimum absolute atomic E-state index is 0.0218. The molecule has 1 aliphatic heterocycles. The first kappa shape index (κ1) is 17.5. The molecule has 6 nitrogen and oxygen atoms in total. The van der Waals surface area contributed by atoms with Crippen LogP contribution in [0.2, 0.25) is 0 Å². The van der Waals surface area contributed by atoms with Crippen molar-refractivity contribution in [1.29, 1.82) is 0 Å². The molecule has 0 radical (unpaired) electrons. The van der Waals surface area contributed by atoms with Crippen LogP contribution in [0.3, 0.4) is 0 Å². The van der Waals surface area contributed by atoms with Crippen LogP contribution in [0.4, 0.5) is 9.18 Å². The fourth-order valence-electron chi connectivity index (χ4n) is 2.43. The molecule has 1 aliphatic rings. The Hall–Kier alpha value is -1.83. The molecule has 1 fully saturated rings. The SMILES string of the molecule is C[C@H](CNC(=O)N1CCS(=O)(=O)C[C@@H]1C)Oc1ccccc1F. The maximum absolute atomic E-state index is 13.5. The summed E-state index contributed by atoms with van der Waals surface area (Å²) in [5.41, 5.74) is 0. The van der Waals surface area contributed by atoms with Gasteiger partial charge in [-0.15, -0.1) is 0 Å². The third-order valence-electron chi connectivity index (χ3n) is 3.64. The largest absolute Gasteiger partial charge is 0.486 e. The Morgan fingerprint density at radius 2 is 2.17 bits per heavy atom. The zero-order chi connectivity index (χ0) is 17.0. The van der Waals surface area contributed by atoms with E-state index in [2.05, 4.69) is 5.32 Å². The van der Waals surface area contributed by atoms with E-state index in [9.17, 15) is 17.6 Å². The van der Waals surface area contributed by atoms with Gasteiger partial charge in [-0.3, -0.25) is 0 Å². The predicted molar refractivity (Wildman–Crippen MR) is 84.7 cm³/mol. The van der Waals surface area contributed by atoms with E-state index < -0.39 is 21.8 Å². The molecule has 1 N–H and O–H groups in total. The van der Waals surface area contributed by atoms with Gasteiger partial charge in [0.25, 0.3) is 0 Å². The van der Waals surface area contributed by atoms with E-state index in [1.54, 1.807) is 26.0 Å². The van der Waals surface area contributed by atoms with Gasteiger partial charge < -0.3 is 15.0 Å². The van der Waals surface area contributed by atoms with Crippen molar-refractivity contribution >= 4 is 15.9 Å². The number of hydrogen-bond donors (Lipinski definition) is 1. The molecule has 0 saturated carbocycles. The van der Waals surface area contributed by atoms with E-state index in [0.29, 0.717) is 0 Å². The number of rotatable bonds is 4. The Balaban J connectivity index is 1.83. The molecule has 0 unspecified atom stereocenters.